The van der Waals surface area contributed by atoms with Gasteiger partial charge in [-0.1, -0.05) is 19.8 Å². The zero-order valence-electron chi connectivity index (χ0n) is 8.48. The van der Waals surface area contributed by atoms with Crippen LogP contribution in [0.3, 0.4) is 0 Å². The summed E-state index contributed by atoms with van der Waals surface area (Å²) in [4.78, 5) is 4.32. The molecular weight excluding hydrogens is 174 g/mol. The predicted octanol–water partition coefficient (Wildman–Crippen LogP) is 2.46. The Kier molecular flexibility index (Phi) is 2.77. The molecule has 0 amide bonds. The minimum absolute atomic E-state index is 1.00. The molecule has 2 aromatic heterocycles. The van der Waals surface area contributed by atoms with Crippen LogP contribution in [0, 0.1) is 0 Å². The molecule has 3 nitrogen and oxygen atoms in total. The smallest absolute Gasteiger partial charge is 0.158 e. The van der Waals surface area contributed by atoms with Crippen LogP contribution in [-0.4, -0.2) is 14.6 Å². The second kappa shape index (κ2) is 4.22. The Morgan fingerprint density at radius 2 is 2.29 bits per heavy atom. The first-order valence-corrected chi connectivity index (χ1v) is 5.19. The number of nitrogens with zero attached hydrogens (tertiary/aromatic N) is 3. The molecule has 0 aliphatic heterocycles. The lowest BCUT2D eigenvalue weighted by Gasteiger charge is -1.96. The summed E-state index contributed by atoms with van der Waals surface area (Å²) in [6.45, 7) is 2.22. The van der Waals surface area contributed by atoms with Crippen molar-refractivity contribution in [3.63, 3.8) is 0 Å². The van der Waals surface area contributed by atoms with Crippen molar-refractivity contribution >= 4 is 5.65 Å². The van der Waals surface area contributed by atoms with Crippen molar-refractivity contribution < 1.29 is 0 Å². The largest absolute Gasteiger partial charge is 0.237 e. The Morgan fingerprint density at radius 3 is 3.14 bits per heavy atom. The van der Waals surface area contributed by atoms with Crippen LogP contribution in [0.25, 0.3) is 5.65 Å². The van der Waals surface area contributed by atoms with Crippen molar-refractivity contribution in [1.29, 1.82) is 0 Å². The molecule has 0 bridgehead atoms. The zero-order chi connectivity index (χ0) is 9.80. The summed E-state index contributed by atoms with van der Waals surface area (Å²) in [6.07, 6.45) is 10.5. The topological polar surface area (TPSA) is 30.2 Å². The van der Waals surface area contributed by atoms with E-state index in [9.17, 15) is 0 Å². The van der Waals surface area contributed by atoms with Crippen LogP contribution in [-0.2, 0) is 6.42 Å². The van der Waals surface area contributed by atoms with Gasteiger partial charge in [-0.3, -0.25) is 0 Å². The molecule has 2 aromatic rings. The van der Waals surface area contributed by atoms with E-state index in [4.69, 9.17) is 0 Å². The molecule has 0 aliphatic rings. The number of hydrogen-bond donors (Lipinski definition) is 0. The summed E-state index contributed by atoms with van der Waals surface area (Å²) in [5.74, 6) is 0. The zero-order valence-corrected chi connectivity index (χ0v) is 8.48. The summed E-state index contributed by atoms with van der Waals surface area (Å²) in [5, 5.41) is 4.25. The summed E-state index contributed by atoms with van der Waals surface area (Å²) >= 11 is 0. The second-order valence-corrected chi connectivity index (χ2v) is 3.51. The van der Waals surface area contributed by atoms with Gasteiger partial charge in [0.2, 0.25) is 0 Å². The van der Waals surface area contributed by atoms with Crippen molar-refractivity contribution in [2.45, 2.75) is 32.6 Å². The molecule has 0 atom stereocenters. The van der Waals surface area contributed by atoms with E-state index in [2.05, 4.69) is 17.0 Å². The Balaban J connectivity index is 2.17. The minimum Gasteiger partial charge on any atom is -0.237 e. The number of fused-ring (bicyclic) bond motifs is 1. The van der Waals surface area contributed by atoms with Gasteiger partial charge in [0.25, 0.3) is 0 Å². The molecule has 0 aliphatic carbocycles. The standard InChI is InChI=1S/C11H15N3/c1-2-3-4-6-10-9-13-14-8-5-7-12-11(10)14/h5,7-9H,2-4,6H2,1H3. The van der Waals surface area contributed by atoms with Gasteiger partial charge < -0.3 is 0 Å². The van der Waals surface area contributed by atoms with Gasteiger partial charge in [0, 0.05) is 18.0 Å². The van der Waals surface area contributed by atoms with E-state index in [-0.39, 0.29) is 0 Å². The molecule has 0 saturated heterocycles. The van der Waals surface area contributed by atoms with Gasteiger partial charge in [0.15, 0.2) is 5.65 Å². The molecular formula is C11H15N3. The third-order valence-electron chi connectivity index (χ3n) is 2.40. The Bertz CT molecular complexity index is 406. The first-order chi connectivity index (χ1) is 6.92. The lowest BCUT2D eigenvalue weighted by atomic mass is 10.1. The second-order valence-electron chi connectivity index (χ2n) is 3.51. The highest BCUT2D eigenvalue weighted by Crippen LogP contribution is 2.10. The maximum atomic E-state index is 4.32. The van der Waals surface area contributed by atoms with Gasteiger partial charge in [-0.15, -0.1) is 0 Å². The van der Waals surface area contributed by atoms with E-state index in [0.29, 0.717) is 0 Å². The van der Waals surface area contributed by atoms with E-state index in [1.807, 2.05) is 29.2 Å². The van der Waals surface area contributed by atoms with Crippen LogP contribution < -0.4 is 0 Å². The minimum atomic E-state index is 1.00. The lowest BCUT2D eigenvalue weighted by molar-refractivity contribution is 0.719. The third kappa shape index (κ3) is 1.76. The van der Waals surface area contributed by atoms with Crippen LogP contribution in [0.1, 0.15) is 31.7 Å². The Labute approximate surface area is 83.8 Å². The Morgan fingerprint density at radius 1 is 1.36 bits per heavy atom. The summed E-state index contributed by atoms with van der Waals surface area (Å²) in [5.41, 5.74) is 2.27. The van der Waals surface area contributed by atoms with Crippen LogP contribution >= 0.6 is 0 Å². The Hall–Kier alpha value is -1.38. The molecule has 0 aromatic carbocycles. The van der Waals surface area contributed by atoms with E-state index in [1.54, 1.807) is 0 Å². The van der Waals surface area contributed by atoms with E-state index in [0.717, 1.165) is 12.1 Å². The lowest BCUT2D eigenvalue weighted by Crippen LogP contribution is -1.90. The fourth-order valence-corrected chi connectivity index (χ4v) is 1.62. The number of rotatable bonds is 4. The van der Waals surface area contributed by atoms with E-state index in [1.165, 1.54) is 24.8 Å². The van der Waals surface area contributed by atoms with Gasteiger partial charge in [0.05, 0.1) is 6.20 Å². The van der Waals surface area contributed by atoms with Crippen molar-refractivity contribution in [2.75, 3.05) is 0 Å². The molecule has 0 saturated carbocycles. The van der Waals surface area contributed by atoms with Crippen molar-refractivity contribution in [3.8, 4) is 0 Å². The van der Waals surface area contributed by atoms with Gasteiger partial charge >= 0.3 is 0 Å². The van der Waals surface area contributed by atoms with Crippen molar-refractivity contribution in [3.05, 3.63) is 30.2 Å². The maximum absolute atomic E-state index is 4.32. The monoisotopic (exact) mass is 189 g/mol. The summed E-state index contributed by atoms with van der Waals surface area (Å²) < 4.78 is 1.83. The number of hydrogen-bond acceptors (Lipinski definition) is 2. The molecule has 2 heterocycles. The van der Waals surface area contributed by atoms with E-state index < -0.39 is 0 Å². The number of unbranched alkanes of at least 4 members (excludes halogenated alkanes) is 2. The summed E-state index contributed by atoms with van der Waals surface area (Å²) in [6, 6.07) is 1.90. The first kappa shape index (κ1) is 9.19. The quantitative estimate of drug-likeness (QED) is 0.691. The fraction of sp³-hybridized carbons (Fsp3) is 0.455. The molecule has 14 heavy (non-hydrogen) atoms. The van der Waals surface area contributed by atoms with Gasteiger partial charge in [0.1, 0.15) is 0 Å². The van der Waals surface area contributed by atoms with Crippen molar-refractivity contribution in [1.82, 2.24) is 14.6 Å². The fourth-order valence-electron chi connectivity index (χ4n) is 1.62. The molecule has 0 fully saturated rings. The third-order valence-corrected chi connectivity index (χ3v) is 2.40. The van der Waals surface area contributed by atoms with Crippen LogP contribution in [0.4, 0.5) is 0 Å². The number of aryl methyl sites for hydroxylation is 1. The molecule has 74 valence electrons. The average molecular weight is 189 g/mol. The normalized spacial score (nSPS) is 10.9. The van der Waals surface area contributed by atoms with Gasteiger partial charge in [-0.25, -0.2) is 9.50 Å². The SMILES string of the molecule is CCCCCc1cnn2cccnc12. The van der Waals surface area contributed by atoms with Crippen LogP contribution in [0.15, 0.2) is 24.7 Å². The molecule has 0 N–H and O–H groups in total. The molecule has 0 radical (unpaired) electrons. The van der Waals surface area contributed by atoms with E-state index >= 15 is 0 Å². The first-order valence-electron chi connectivity index (χ1n) is 5.19. The van der Waals surface area contributed by atoms with Gasteiger partial charge in [-0.05, 0) is 18.9 Å². The van der Waals surface area contributed by atoms with Crippen LogP contribution in [0.5, 0.6) is 0 Å². The number of aromatic nitrogens is 3. The molecule has 2 rings (SSSR count). The van der Waals surface area contributed by atoms with Gasteiger partial charge in [-0.2, -0.15) is 5.10 Å². The highest BCUT2D eigenvalue weighted by atomic mass is 15.2. The summed E-state index contributed by atoms with van der Waals surface area (Å²) in [7, 11) is 0. The molecule has 0 unspecified atom stereocenters. The molecule has 3 heteroatoms. The molecule has 0 spiro atoms. The highest BCUT2D eigenvalue weighted by Gasteiger charge is 2.02. The predicted molar refractivity (Wildman–Crippen MR) is 56.2 cm³/mol. The van der Waals surface area contributed by atoms with Crippen molar-refractivity contribution in [2.24, 2.45) is 0 Å². The van der Waals surface area contributed by atoms with Crippen LogP contribution in [0.2, 0.25) is 0 Å². The maximum Gasteiger partial charge on any atom is 0.158 e. The highest BCUT2D eigenvalue weighted by molar-refractivity contribution is 5.45. The average Bonchev–Trinajstić information content (AvgIpc) is 2.63.